The summed E-state index contributed by atoms with van der Waals surface area (Å²) in [6.07, 6.45) is -0.852. The molecule has 3 nitrogen and oxygen atoms in total. The third-order valence-electron chi connectivity index (χ3n) is 1.94. The normalized spacial score (nSPS) is 15.2. The van der Waals surface area contributed by atoms with Crippen LogP contribution in [0.4, 0.5) is 4.39 Å². The second-order valence-corrected chi connectivity index (χ2v) is 4.01. The van der Waals surface area contributed by atoms with Crippen molar-refractivity contribution in [1.82, 2.24) is 0 Å². The molecule has 1 rings (SSSR count). The quantitative estimate of drug-likeness (QED) is 0.761. The molecule has 1 unspecified atom stereocenters. The smallest absolute Gasteiger partial charge is 0.166 e. The third kappa shape index (κ3) is 2.23. The summed E-state index contributed by atoms with van der Waals surface area (Å²) < 4.78 is 13.5. The summed E-state index contributed by atoms with van der Waals surface area (Å²) in [5.41, 5.74) is 5.77. The molecule has 0 radical (unpaired) electrons. The first-order valence-electron chi connectivity index (χ1n) is 4.05. The standard InChI is InChI=1S/C9H11BrFNO2/c1-4(13)8(12)6-2-5(10)3-7(11)9(6)14/h2-4,8,13-14H,12H2,1H3/t4?,8-/m0/s1. The number of phenols is 1. The zero-order valence-electron chi connectivity index (χ0n) is 7.54. The Labute approximate surface area is 89.5 Å². The first-order valence-corrected chi connectivity index (χ1v) is 4.84. The van der Waals surface area contributed by atoms with Crippen LogP contribution in [0.5, 0.6) is 5.75 Å². The fraction of sp³-hybridized carbons (Fsp3) is 0.333. The Morgan fingerprint density at radius 3 is 2.57 bits per heavy atom. The number of rotatable bonds is 2. The van der Waals surface area contributed by atoms with Gasteiger partial charge in [-0.25, -0.2) is 4.39 Å². The number of benzene rings is 1. The molecular weight excluding hydrogens is 253 g/mol. The van der Waals surface area contributed by atoms with Crippen LogP contribution in [0.1, 0.15) is 18.5 Å². The van der Waals surface area contributed by atoms with Crippen molar-refractivity contribution in [2.75, 3.05) is 0 Å². The van der Waals surface area contributed by atoms with Gasteiger partial charge >= 0.3 is 0 Å². The van der Waals surface area contributed by atoms with Gasteiger partial charge in [0.15, 0.2) is 11.6 Å². The zero-order chi connectivity index (χ0) is 10.9. The van der Waals surface area contributed by atoms with Crippen LogP contribution in [0.15, 0.2) is 16.6 Å². The molecule has 0 spiro atoms. The van der Waals surface area contributed by atoms with Crippen LogP contribution >= 0.6 is 15.9 Å². The molecule has 4 N–H and O–H groups in total. The molecule has 0 amide bonds. The first kappa shape index (κ1) is 11.4. The second-order valence-electron chi connectivity index (χ2n) is 3.09. The molecule has 0 saturated heterocycles. The molecule has 0 aliphatic rings. The molecule has 0 aliphatic carbocycles. The molecule has 0 heterocycles. The topological polar surface area (TPSA) is 66.5 Å². The monoisotopic (exact) mass is 263 g/mol. The number of aromatic hydroxyl groups is 1. The fourth-order valence-electron chi connectivity index (χ4n) is 1.10. The summed E-state index contributed by atoms with van der Waals surface area (Å²) in [5, 5.41) is 18.6. The van der Waals surface area contributed by atoms with E-state index in [-0.39, 0.29) is 5.56 Å². The molecule has 0 fully saturated rings. The van der Waals surface area contributed by atoms with Gasteiger partial charge in [-0.15, -0.1) is 0 Å². The summed E-state index contributed by atoms with van der Waals surface area (Å²) in [6.45, 7) is 1.48. The van der Waals surface area contributed by atoms with Crippen molar-refractivity contribution in [3.8, 4) is 5.75 Å². The van der Waals surface area contributed by atoms with E-state index in [0.29, 0.717) is 4.47 Å². The molecule has 0 aliphatic heterocycles. The highest BCUT2D eigenvalue weighted by Crippen LogP contribution is 2.30. The van der Waals surface area contributed by atoms with Gasteiger partial charge in [0, 0.05) is 10.0 Å². The van der Waals surface area contributed by atoms with Gasteiger partial charge in [0.1, 0.15) is 0 Å². The number of phenolic OH excluding ortho intramolecular Hbond substituents is 1. The van der Waals surface area contributed by atoms with Crippen molar-refractivity contribution in [2.45, 2.75) is 19.1 Å². The number of aliphatic hydroxyl groups excluding tert-OH is 1. The van der Waals surface area contributed by atoms with Crippen LogP contribution < -0.4 is 5.73 Å². The number of hydrogen-bond donors (Lipinski definition) is 3. The molecule has 1 aromatic rings. The van der Waals surface area contributed by atoms with Crippen LogP contribution in [0.2, 0.25) is 0 Å². The van der Waals surface area contributed by atoms with E-state index in [1.807, 2.05) is 0 Å². The van der Waals surface area contributed by atoms with Crippen LogP contribution in [0, 0.1) is 5.82 Å². The SMILES string of the molecule is CC(O)[C@H](N)c1cc(Br)cc(F)c1O. The lowest BCUT2D eigenvalue weighted by Gasteiger charge is -2.16. The zero-order valence-corrected chi connectivity index (χ0v) is 9.12. The van der Waals surface area contributed by atoms with E-state index in [1.165, 1.54) is 13.0 Å². The van der Waals surface area contributed by atoms with Crippen LogP contribution in [-0.2, 0) is 0 Å². The van der Waals surface area contributed by atoms with E-state index in [0.717, 1.165) is 6.07 Å². The molecule has 0 saturated carbocycles. The molecule has 0 bridgehead atoms. The lowest BCUT2D eigenvalue weighted by Crippen LogP contribution is -2.23. The molecule has 2 atom stereocenters. The van der Waals surface area contributed by atoms with Crippen molar-refractivity contribution in [3.63, 3.8) is 0 Å². The average molecular weight is 264 g/mol. The Bertz CT molecular complexity index is 344. The van der Waals surface area contributed by atoms with Crippen molar-refractivity contribution >= 4 is 15.9 Å². The number of hydrogen-bond acceptors (Lipinski definition) is 3. The highest BCUT2D eigenvalue weighted by atomic mass is 79.9. The summed E-state index contributed by atoms with van der Waals surface area (Å²) in [6, 6.07) is 1.81. The second kappa shape index (κ2) is 4.25. The maximum Gasteiger partial charge on any atom is 0.166 e. The van der Waals surface area contributed by atoms with E-state index in [4.69, 9.17) is 5.73 Å². The maximum absolute atomic E-state index is 13.0. The summed E-state index contributed by atoms with van der Waals surface area (Å²) in [7, 11) is 0. The van der Waals surface area contributed by atoms with Crippen molar-refractivity contribution in [3.05, 3.63) is 28.0 Å². The van der Waals surface area contributed by atoms with E-state index < -0.39 is 23.7 Å². The fourth-order valence-corrected chi connectivity index (χ4v) is 1.55. The molecule has 14 heavy (non-hydrogen) atoms. The molecular formula is C9H11BrFNO2. The van der Waals surface area contributed by atoms with Crippen molar-refractivity contribution in [2.24, 2.45) is 5.73 Å². The van der Waals surface area contributed by atoms with E-state index in [9.17, 15) is 14.6 Å². The Hall–Kier alpha value is -0.650. The van der Waals surface area contributed by atoms with E-state index in [1.54, 1.807) is 0 Å². The third-order valence-corrected chi connectivity index (χ3v) is 2.39. The van der Waals surface area contributed by atoms with Gasteiger partial charge in [-0.2, -0.15) is 0 Å². The Balaban J connectivity index is 3.20. The van der Waals surface area contributed by atoms with Crippen LogP contribution in [-0.4, -0.2) is 16.3 Å². The van der Waals surface area contributed by atoms with Crippen LogP contribution in [0.25, 0.3) is 0 Å². The van der Waals surface area contributed by atoms with Gasteiger partial charge in [-0.05, 0) is 19.1 Å². The van der Waals surface area contributed by atoms with E-state index in [2.05, 4.69) is 15.9 Å². The van der Waals surface area contributed by atoms with Gasteiger partial charge in [-0.1, -0.05) is 15.9 Å². The first-order chi connectivity index (χ1) is 6.43. The number of nitrogens with two attached hydrogens (primary N) is 1. The summed E-state index contributed by atoms with van der Waals surface area (Å²) >= 11 is 3.08. The largest absolute Gasteiger partial charge is 0.505 e. The summed E-state index contributed by atoms with van der Waals surface area (Å²) in [4.78, 5) is 0. The van der Waals surface area contributed by atoms with E-state index >= 15 is 0 Å². The molecule has 5 heteroatoms. The lowest BCUT2D eigenvalue weighted by atomic mass is 10.0. The molecule has 1 aromatic carbocycles. The van der Waals surface area contributed by atoms with Gasteiger partial charge < -0.3 is 15.9 Å². The predicted octanol–water partition coefficient (Wildman–Crippen LogP) is 1.67. The Morgan fingerprint density at radius 1 is 1.50 bits per heavy atom. The minimum Gasteiger partial charge on any atom is -0.505 e. The lowest BCUT2D eigenvalue weighted by molar-refractivity contribution is 0.162. The predicted molar refractivity (Wildman–Crippen MR) is 54.4 cm³/mol. The maximum atomic E-state index is 13.0. The molecule has 0 aromatic heterocycles. The number of aliphatic hydroxyl groups is 1. The highest BCUT2D eigenvalue weighted by molar-refractivity contribution is 9.10. The number of halogens is 2. The highest BCUT2D eigenvalue weighted by Gasteiger charge is 2.19. The van der Waals surface area contributed by atoms with Gasteiger partial charge in [0.25, 0.3) is 0 Å². The van der Waals surface area contributed by atoms with Crippen molar-refractivity contribution in [1.29, 1.82) is 0 Å². The van der Waals surface area contributed by atoms with Gasteiger partial charge in [0.2, 0.25) is 0 Å². The Morgan fingerprint density at radius 2 is 2.07 bits per heavy atom. The minimum absolute atomic E-state index is 0.187. The van der Waals surface area contributed by atoms with Crippen molar-refractivity contribution < 1.29 is 14.6 Å². The average Bonchev–Trinajstić information content (AvgIpc) is 2.09. The van der Waals surface area contributed by atoms with Gasteiger partial charge in [-0.3, -0.25) is 0 Å². The minimum atomic E-state index is -0.852. The molecule has 78 valence electrons. The van der Waals surface area contributed by atoms with Crippen LogP contribution in [0.3, 0.4) is 0 Å². The Kier molecular flexibility index (Phi) is 3.47. The summed E-state index contributed by atoms with van der Waals surface area (Å²) in [5.74, 6) is -1.27. The van der Waals surface area contributed by atoms with Gasteiger partial charge in [0.05, 0.1) is 12.1 Å².